The minimum atomic E-state index is -3.62. The van der Waals surface area contributed by atoms with Crippen molar-refractivity contribution in [2.75, 3.05) is 0 Å². The monoisotopic (exact) mass is 215 g/mol. The molecule has 0 aliphatic heterocycles. The van der Waals surface area contributed by atoms with E-state index in [2.05, 4.69) is 4.72 Å². The molecule has 5 heteroatoms. The van der Waals surface area contributed by atoms with E-state index in [-0.39, 0.29) is 4.90 Å². The predicted molar refractivity (Wildman–Crippen MR) is 53.1 cm³/mol. The molecule has 0 amide bonds. The standard InChI is InChI=1S/C9H13NO3S/c1-9(2,11)10-14(12,13)8-6-4-3-5-7-8/h3-7,10-11H,1-2H3. The van der Waals surface area contributed by atoms with E-state index < -0.39 is 15.7 Å². The first-order valence-electron chi connectivity index (χ1n) is 4.13. The molecule has 1 aromatic rings. The summed E-state index contributed by atoms with van der Waals surface area (Å²) in [7, 11) is -3.62. The van der Waals surface area contributed by atoms with Gasteiger partial charge >= 0.3 is 0 Å². The molecule has 0 aliphatic carbocycles. The molecule has 0 saturated carbocycles. The van der Waals surface area contributed by atoms with Crippen LogP contribution >= 0.6 is 0 Å². The smallest absolute Gasteiger partial charge is 0.242 e. The lowest BCUT2D eigenvalue weighted by Gasteiger charge is -2.18. The van der Waals surface area contributed by atoms with Crippen LogP contribution in [-0.2, 0) is 10.0 Å². The lowest BCUT2D eigenvalue weighted by Crippen LogP contribution is -2.42. The molecule has 1 aromatic carbocycles. The molecule has 0 spiro atoms. The highest BCUT2D eigenvalue weighted by Gasteiger charge is 2.22. The molecule has 2 N–H and O–H groups in total. The Balaban J connectivity index is 2.99. The highest BCUT2D eigenvalue weighted by atomic mass is 32.2. The van der Waals surface area contributed by atoms with Gasteiger partial charge in [0.25, 0.3) is 0 Å². The first-order chi connectivity index (χ1) is 6.31. The number of sulfonamides is 1. The lowest BCUT2D eigenvalue weighted by molar-refractivity contribution is 0.0689. The molecular weight excluding hydrogens is 202 g/mol. The Labute approximate surface area is 83.6 Å². The highest BCUT2D eigenvalue weighted by molar-refractivity contribution is 7.89. The average molecular weight is 215 g/mol. The molecule has 0 heterocycles. The third-order valence-corrected chi connectivity index (χ3v) is 3.10. The largest absolute Gasteiger partial charge is 0.375 e. The zero-order valence-corrected chi connectivity index (χ0v) is 8.88. The van der Waals surface area contributed by atoms with Gasteiger partial charge in [-0.05, 0) is 26.0 Å². The van der Waals surface area contributed by atoms with Crippen molar-refractivity contribution in [1.29, 1.82) is 0 Å². The van der Waals surface area contributed by atoms with E-state index in [1.807, 2.05) is 0 Å². The van der Waals surface area contributed by atoms with Gasteiger partial charge in [-0.25, -0.2) is 8.42 Å². The first-order valence-corrected chi connectivity index (χ1v) is 5.61. The number of rotatable bonds is 3. The molecule has 0 fully saturated rings. The summed E-state index contributed by atoms with van der Waals surface area (Å²) < 4.78 is 25.3. The second-order valence-corrected chi connectivity index (χ2v) is 5.16. The number of nitrogens with one attached hydrogen (secondary N) is 1. The third-order valence-electron chi connectivity index (χ3n) is 1.44. The van der Waals surface area contributed by atoms with Crippen LogP contribution in [0.4, 0.5) is 0 Å². The second kappa shape index (κ2) is 3.68. The quantitative estimate of drug-likeness (QED) is 0.729. The van der Waals surface area contributed by atoms with Gasteiger partial charge in [-0.3, -0.25) is 0 Å². The summed E-state index contributed by atoms with van der Waals surface area (Å²) in [6, 6.07) is 7.91. The molecule has 0 radical (unpaired) electrons. The van der Waals surface area contributed by atoms with Gasteiger partial charge in [-0.1, -0.05) is 18.2 Å². The van der Waals surface area contributed by atoms with Crippen molar-refractivity contribution in [3.63, 3.8) is 0 Å². The van der Waals surface area contributed by atoms with Crippen LogP contribution in [-0.4, -0.2) is 19.2 Å². The Kier molecular flexibility index (Phi) is 2.94. The van der Waals surface area contributed by atoms with Crippen molar-refractivity contribution in [1.82, 2.24) is 4.72 Å². The Morgan fingerprint density at radius 1 is 1.21 bits per heavy atom. The van der Waals surface area contributed by atoms with Crippen molar-refractivity contribution < 1.29 is 13.5 Å². The Morgan fingerprint density at radius 2 is 1.71 bits per heavy atom. The summed E-state index contributed by atoms with van der Waals surface area (Å²) in [4.78, 5) is 0.141. The zero-order valence-electron chi connectivity index (χ0n) is 8.06. The van der Waals surface area contributed by atoms with Crippen LogP contribution in [0, 0.1) is 0 Å². The minimum absolute atomic E-state index is 0.141. The van der Waals surface area contributed by atoms with Gasteiger partial charge in [-0.15, -0.1) is 0 Å². The van der Waals surface area contributed by atoms with E-state index in [4.69, 9.17) is 0 Å². The number of hydrogen-bond donors (Lipinski definition) is 2. The average Bonchev–Trinajstić information content (AvgIpc) is 2.01. The number of benzene rings is 1. The van der Waals surface area contributed by atoms with Crippen LogP contribution in [0.3, 0.4) is 0 Å². The zero-order chi connectivity index (χ0) is 10.8. The topological polar surface area (TPSA) is 66.4 Å². The van der Waals surface area contributed by atoms with Gasteiger partial charge in [0.05, 0.1) is 4.90 Å². The van der Waals surface area contributed by atoms with Crippen molar-refractivity contribution in [3.8, 4) is 0 Å². The molecule has 14 heavy (non-hydrogen) atoms. The van der Waals surface area contributed by atoms with E-state index >= 15 is 0 Å². The van der Waals surface area contributed by atoms with Gasteiger partial charge in [0, 0.05) is 0 Å². The lowest BCUT2D eigenvalue weighted by atomic mass is 10.4. The first kappa shape index (κ1) is 11.2. The fourth-order valence-corrected chi connectivity index (χ4v) is 2.28. The van der Waals surface area contributed by atoms with Crippen molar-refractivity contribution in [2.24, 2.45) is 0 Å². The van der Waals surface area contributed by atoms with Crippen molar-refractivity contribution >= 4 is 10.0 Å². The van der Waals surface area contributed by atoms with Crippen molar-refractivity contribution in [3.05, 3.63) is 30.3 Å². The maximum Gasteiger partial charge on any atom is 0.242 e. The van der Waals surface area contributed by atoms with Gasteiger partial charge < -0.3 is 5.11 Å². The summed E-state index contributed by atoms with van der Waals surface area (Å²) in [5, 5.41) is 9.32. The SMILES string of the molecule is CC(C)(O)NS(=O)(=O)c1ccccc1. The summed E-state index contributed by atoms with van der Waals surface area (Å²) in [5.41, 5.74) is -1.45. The Bertz CT molecular complexity index is 392. The van der Waals surface area contributed by atoms with Crippen LogP contribution in [0.1, 0.15) is 13.8 Å². The maximum absolute atomic E-state index is 11.6. The predicted octanol–water partition coefficient (Wildman–Crippen LogP) is 0.693. The van der Waals surface area contributed by atoms with Crippen molar-refractivity contribution in [2.45, 2.75) is 24.5 Å². The second-order valence-electron chi connectivity index (χ2n) is 3.48. The van der Waals surface area contributed by atoms with E-state index in [1.165, 1.54) is 26.0 Å². The van der Waals surface area contributed by atoms with Gasteiger partial charge in [-0.2, -0.15) is 4.72 Å². The molecule has 1 rings (SSSR count). The van der Waals surface area contributed by atoms with E-state index in [0.717, 1.165) is 0 Å². The normalized spacial score (nSPS) is 12.8. The molecule has 0 atom stereocenters. The minimum Gasteiger partial charge on any atom is -0.375 e. The fraction of sp³-hybridized carbons (Fsp3) is 0.333. The molecule has 0 bridgehead atoms. The molecule has 78 valence electrons. The van der Waals surface area contributed by atoms with E-state index in [0.29, 0.717) is 0 Å². The van der Waals surface area contributed by atoms with Crippen LogP contribution in [0.15, 0.2) is 35.2 Å². The van der Waals surface area contributed by atoms with Crippen LogP contribution in [0.25, 0.3) is 0 Å². The molecule has 0 saturated heterocycles. The maximum atomic E-state index is 11.6. The summed E-state index contributed by atoms with van der Waals surface area (Å²) in [6.07, 6.45) is 0. The van der Waals surface area contributed by atoms with Gasteiger partial charge in [0.15, 0.2) is 0 Å². The van der Waals surface area contributed by atoms with Crippen LogP contribution in [0.5, 0.6) is 0 Å². The molecule has 0 aliphatic rings. The Hall–Kier alpha value is -0.910. The number of aliphatic hydroxyl groups is 1. The third kappa shape index (κ3) is 3.10. The Morgan fingerprint density at radius 3 is 2.14 bits per heavy atom. The van der Waals surface area contributed by atoms with Gasteiger partial charge in [0.1, 0.15) is 5.72 Å². The van der Waals surface area contributed by atoms with E-state index in [1.54, 1.807) is 18.2 Å². The molecule has 0 aromatic heterocycles. The highest BCUT2D eigenvalue weighted by Crippen LogP contribution is 2.10. The molecular formula is C9H13NO3S. The summed E-state index contributed by atoms with van der Waals surface area (Å²) in [5.74, 6) is 0. The summed E-state index contributed by atoms with van der Waals surface area (Å²) in [6.45, 7) is 2.74. The van der Waals surface area contributed by atoms with Crippen LogP contribution in [0.2, 0.25) is 0 Å². The van der Waals surface area contributed by atoms with Gasteiger partial charge in [0.2, 0.25) is 10.0 Å². The molecule has 4 nitrogen and oxygen atoms in total. The molecule has 0 unspecified atom stereocenters. The number of hydrogen-bond acceptors (Lipinski definition) is 3. The van der Waals surface area contributed by atoms with Crippen LogP contribution < -0.4 is 4.72 Å². The summed E-state index contributed by atoms with van der Waals surface area (Å²) >= 11 is 0. The van der Waals surface area contributed by atoms with E-state index in [9.17, 15) is 13.5 Å². The fourth-order valence-electron chi connectivity index (χ4n) is 0.987.